The maximum atomic E-state index is 12.1. The fourth-order valence-electron chi connectivity index (χ4n) is 2.48. The van der Waals surface area contributed by atoms with E-state index in [1.54, 1.807) is 23.1 Å². The van der Waals surface area contributed by atoms with Crippen molar-refractivity contribution in [2.75, 3.05) is 5.75 Å². The summed E-state index contributed by atoms with van der Waals surface area (Å²) in [4.78, 5) is 16.0. The first kappa shape index (κ1) is 19.7. The van der Waals surface area contributed by atoms with E-state index >= 15 is 0 Å². The molecule has 0 atom stereocenters. The smallest absolute Gasteiger partial charge is 0.230 e. The molecule has 5 nitrogen and oxygen atoms in total. The molecule has 1 amide bonds. The van der Waals surface area contributed by atoms with E-state index in [4.69, 9.17) is 23.2 Å². The summed E-state index contributed by atoms with van der Waals surface area (Å²) in [6.07, 6.45) is 3.19. The predicted octanol–water partition coefficient (Wildman–Crippen LogP) is 4.18. The van der Waals surface area contributed by atoms with Crippen LogP contribution in [0.15, 0.2) is 55.1 Å². The molecule has 0 spiro atoms. The standard InChI is InChI=1S/C19H18Cl2N4OS/c20-17-5-4-16(18(21)7-17)10-27-11-19(26)23-8-14-2-1-3-15(6-14)9-25-13-22-12-24-25/h1-7,12-13H,8-11H2,(H,23,26). The maximum Gasteiger partial charge on any atom is 0.230 e. The molecule has 1 aromatic heterocycles. The lowest BCUT2D eigenvalue weighted by molar-refractivity contribution is -0.118. The molecule has 2 aromatic carbocycles. The number of nitrogens with zero attached hydrogens (tertiary/aromatic N) is 3. The molecule has 0 bridgehead atoms. The van der Waals surface area contributed by atoms with Crippen LogP contribution in [0.1, 0.15) is 16.7 Å². The monoisotopic (exact) mass is 420 g/mol. The number of hydrogen-bond donors (Lipinski definition) is 1. The third-order valence-corrected chi connectivity index (χ3v) is 5.37. The van der Waals surface area contributed by atoms with Gasteiger partial charge in [0.1, 0.15) is 12.7 Å². The number of thioether (sulfide) groups is 1. The fraction of sp³-hybridized carbons (Fsp3) is 0.211. The van der Waals surface area contributed by atoms with Gasteiger partial charge in [0, 0.05) is 22.3 Å². The zero-order valence-corrected chi connectivity index (χ0v) is 16.8. The van der Waals surface area contributed by atoms with Gasteiger partial charge in [-0.2, -0.15) is 5.10 Å². The van der Waals surface area contributed by atoms with Crippen molar-refractivity contribution in [3.8, 4) is 0 Å². The van der Waals surface area contributed by atoms with Crippen LogP contribution in [-0.4, -0.2) is 26.4 Å². The molecule has 1 heterocycles. The van der Waals surface area contributed by atoms with E-state index in [-0.39, 0.29) is 5.91 Å². The zero-order chi connectivity index (χ0) is 19.1. The first-order valence-corrected chi connectivity index (χ1v) is 10.2. The molecule has 0 aliphatic heterocycles. The number of halogens is 2. The summed E-state index contributed by atoms with van der Waals surface area (Å²) in [5.74, 6) is 1.03. The van der Waals surface area contributed by atoms with Gasteiger partial charge in [-0.15, -0.1) is 11.8 Å². The van der Waals surface area contributed by atoms with Gasteiger partial charge in [0.25, 0.3) is 0 Å². The van der Waals surface area contributed by atoms with E-state index in [9.17, 15) is 4.79 Å². The molecular formula is C19H18Cl2N4OS. The summed E-state index contributed by atoms with van der Waals surface area (Å²) >= 11 is 13.5. The van der Waals surface area contributed by atoms with Gasteiger partial charge in [-0.25, -0.2) is 9.67 Å². The Balaban J connectivity index is 1.43. The Morgan fingerprint density at radius 2 is 2.00 bits per heavy atom. The van der Waals surface area contributed by atoms with Crippen molar-refractivity contribution in [3.05, 3.63) is 81.9 Å². The quantitative estimate of drug-likeness (QED) is 0.593. The molecule has 0 aliphatic rings. The minimum Gasteiger partial charge on any atom is -0.351 e. The Morgan fingerprint density at radius 3 is 2.78 bits per heavy atom. The molecule has 27 heavy (non-hydrogen) atoms. The first-order chi connectivity index (χ1) is 13.1. The Labute approximate surface area is 172 Å². The largest absolute Gasteiger partial charge is 0.351 e. The maximum absolute atomic E-state index is 12.1. The van der Waals surface area contributed by atoms with E-state index in [0.717, 1.165) is 16.7 Å². The van der Waals surface area contributed by atoms with Crippen LogP contribution in [0.5, 0.6) is 0 Å². The van der Waals surface area contributed by atoms with Crippen molar-refractivity contribution < 1.29 is 4.79 Å². The number of carbonyl (C=O) groups excluding carboxylic acids is 1. The molecule has 0 saturated carbocycles. The summed E-state index contributed by atoms with van der Waals surface area (Å²) in [5, 5.41) is 8.28. The molecule has 0 aliphatic carbocycles. The number of amides is 1. The van der Waals surface area contributed by atoms with E-state index < -0.39 is 0 Å². The molecule has 0 unspecified atom stereocenters. The second kappa shape index (κ2) is 9.78. The molecule has 3 rings (SSSR count). The normalized spacial score (nSPS) is 10.7. The summed E-state index contributed by atoms with van der Waals surface area (Å²) < 4.78 is 1.76. The van der Waals surface area contributed by atoms with E-state index in [1.807, 2.05) is 24.3 Å². The summed E-state index contributed by atoms with van der Waals surface area (Å²) in [6.45, 7) is 1.14. The molecular weight excluding hydrogens is 403 g/mol. The Hall–Kier alpha value is -2.02. The third-order valence-electron chi connectivity index (χ3n) is 3.80. The van der Waals surface area contributed by atoms with Gasteiger partial charge in [0.2, 0.25) is 5.91 Å². The van der Waals surface area contributed by atoms with Crippen LogP contribution in [0.4, 0.5) is 0 Å². The highest BCUT2D eigenvalue weighted by atomic mass is 35.5. The second-order valence-electron chi connectivity index (χ2n) is 5.92. The van der Waals surface area contributed by atoms with E-state index in [1.165, 1.54) is 18.1 Å². The number of benzene rings is 2. The summed E-state index contributed by atoms with van der Waals surface area (Å²) in [5.41, 5.74) is 3.13. The summed E-state index contributed by atoms with van der Waals surface area (Å²) in [6, 6.07) is 13.5. The van der Waals surface area contributed by atoms with Crippen LogP contribution in [0.25, 0.3) is 0 Å². The minimum absolute atomic E-state index is 0.00762. The average Bonchev–Trinajstić information content (AvgIpc) is 3.15. The number of hydrogen-bond acceptors (Lipinski definition) is 4. The number of rotatable bonds is 8. The average molecular weight is 421 g/mol. The topological polar surface area (TPSA) is 59.8 Å². The minimum atomic E-state index is -0.00762. The van der Waals surface area contributed by atoms with Gasteiger partial charge in [-0.05, 0) is 28.8 Å². The summed E-state index contributed by atoms with van der Waals surface area (Å²) in [7, 11) is 0. The Morgan fingerprint density at radius 1 is 1.15 bits per heavy atom. The van der Waals surface area contributed by atoms with Crippen LogP contribution in [0.2, 0.25) is 10.0 Å². The second-order valence-corrected chi connectivity index (χ2v) is 7.75. The first-order valence-electron chi connectivity index (χ1n) is 8.29. The van der Waals surface area contributed by atoms with E-state index in [0.29, 0.717) is 34.6 Å². The lowest BCUT2D eigenvalue weighted by Crippen LogP contribution is -2.24. The lowest BCUT2D eigenvalue weighted by Gasteiger charge is -2.08. The van der Waals surface area contributed by atoms with Crippen molar-refractivity contribution in [2.45, 2.75) is 18.8 Å². The fourth-order valence-corrected chi connectivity index (χ4v) is 3.90. The van der Waals surface area contributed by atoms with Crippen LogP contribution in [-0.2, 0) is 23.6 Å². The molecule has 8 heteroatoms. The van der Waals surface area contributed by atoms with Crippen LogP contribution < -0.4 is 5.32 Å². The van der Waals surface area contributed by atoms with Gasteiger partial charge < -0.3 is 5.32 Å². The molecule has 140 valence electrons. The van der Waals surface area contributed by atoms with Crippen molar-refractivity contribution >= 4 is 40.9 Å². The number of carbonyl (C=O) groups is 1. The van der Waals surface area contributed by atoms with E-state index in [2.05, 4.69) is 21.5 Å². The van der Waals surface area contributed by atoms with Gasteiger partial charge in [0.15, 0.2) is 0 Å². The number of aromatic nitrogens is 3. The zero-order valence-electron chi connectivity index (χ0n) is 14.4. The molecule has 0 saturated heterocycles. The van der Waals surface area contributed by atoms with Crippen molar-refractivity contribution in [1.82, 2.24) is 20.1 Å². The van der Waals surface area contributed by atoms with Crippen molar-refractivity contribution in [1.29, 1.82) is 0 Å². The molecule has 0 fully saturated rings. The van der Waals surface area contributed by atoms with Crippen molar-refractivity contribution in [2.24, 2.45) is 0 Å². The number of nitrogens with one attached hydrogen (secondary N) is 1. The molecule has 0 radical (unpaired) electrons. The van der Waals surface area contributed by atoms with Crippen LogP contribution in [0.3, 0.4) is 0 Å². The van der Waals surface area contributed by atoms with Crippen molar-refractivity contribution in [3.63, 3.8) is 0 Å². The highest BCUT2D eigenvalue weighted by molar-refractivity contribution is 7.99. The predicted molar refractivity (Wildman–Crippen MR) is 110 cm³/mol. The van der Waals surface area contributed by atoms with Gasteiger partial charge in [-0.3, -0.25) is 4.79 Å². The lowest BCUT2D eigenvalue weighted by atomic mass is 10.1. The highest BCUT2D eigenvalue weighted by Crippen LogP contribution is 2.24. The SMILES string of the molecule is O=C(CSCc1ccc(Cl)cc1Cl)NCc1cccc(Cn2cncn2)c1. The Kier molecular flexibility index (Phi) is 7.15. The molecule has 1 N–H and O–H groups in total. The Bertz CT molecular complexity index is 902. The van der Waals surface area contributed by atoms with Crippen LogP contribution in [0, 0.1) is 0 Å². The third kappa shape index (κ3) is 6.27. The van der Waals surface area contributed by atoms with Gasteiger partial charge >= 0.3 is 0 Å². The van der Waals surface area contributed by atoms with Gasteiger partial charge in [-0.1, -0.05) is 53.5 Å². The van der Waals surface area contributed by atoms with Gasteiger partial charge in [0.05, 0.1) is 12.3 Å². The highest BCUT2D eigenvalue weighted by Gasteiger charge is 2.06. The van der Waals surface area contributed by atoms with Crippen LogP contribution >= 0.6 is 35.0 Å². The molecule has 3 aromatic rings.